The summed E-state index contributed by atoms with van der Waals surface area (Å²) in [5.41, 5.74) is 0. The van der Waals surface area contributed by atoms with Crippen molar-refractivity contribution in [2.45, 2.75) is 0 Å². The maximum Gasteiger partial charge on any atom is 0.106 e. The van der Waals surface area contributed by atoms with Crippen LogP contribution >= 0.6 is 0 Å². The predicted molar refractivity (Wildman–Crippen MR) is 19.1 cm³/mol. The van der Waals surface area contributed by atoms with Crippen molar-refractivity contribution >= 4 is 6.79 Å². The quantitative estimate of drug-likeness (QED) is 0.255. The highest BCUT2D eigenvalue weighted by molar-refractivity contribution is 5.10. The first-order chi connectivity index (χ1) is 2.00. The molecule has 0 rings (SSSR count). The molecule has 0 heterocycles. The second-order valence-electron chi connectivity index (χ2n) is 0. The summed E-state index contributed by atoms with van der Waals surface area (Å²) in [5.74, 6) is 8.00. The molecule has 5 heavy (non-hydrogen) atoms. The van der Waals surface area contributed by atoms with Crippen LogP contribution in [0.1, 0.15) is 0 Å². The number of carbonyl (C=O) groups is 1. The van der Waals surface area contributed by atoms with E-state index in [9.17, 15) is 0 Å². The Balaban J connectivity index is -0.0000000133. The fraction of sp³-hybridized carbons (Fsp3) is 0. The summed E-state index contributed by atoms with van der Waals surface area (Å²) in [7, 11) is 0. The van der Waals surface area contributed by atoms with Crippen LogP contribution in [0.25, 0.3) is 0 Å². The lowest BCUT2D eigenvalue weighted by Gasteiger charge is -1.27. The number of nitrogens with two attached hydrogens (primary N) is 2. The SMILES string of the molecule is C=O.NN.O. The van der Waals surface area contributed by atoms with Crippen LogP contribution in [-0.2, 0) is 4.79 Å². The lowest BCUT2D eigenvalue weighted by atomic mass is 11.9. The Hall–Kier alpha value is -0.450. The van der Waals surface area contributed by atoms with E-state index in [1.54, 1.807) is 0 Å². The maximum atomic E-state index is 8.00. The molecule has 0 aromatic rings. The van der Waals surface area contributed by atoms with E-state index in [2.05, 4.69) is 11.7 Å². The first-order valence-electron chi connectivity index (χ1n) is 0.622. The molecular formula is CH8N2O2. The Morgan fingerprint density at radius 3 is 1.20 bits per heavy atom. The molecule has 0 aromatic heterocycles. The fourth-order valence-corrected chi connectivity index (χ4v) is 0. The van der Waals surface area contributed by atoms with E-state index in [4.69, 9.17) is 4.79 Å². The highest BCUT2D eigenvalue weighted by Gasteiger charge is 0.726. The molecule has 0 saturated heterocycles. The van der Waals surface area contributed by atoms with Gasteiger partial charge < -0.3 is 10.3 Å². The Bertz CT molecular complexity index is 7.61. The molecule has 6 N–H and O–H groups in total. The third-order valence-electron chi connectivity index (χ3n) is 0. The summed E-state index contributed by atoms with van der Waals surface area (Å²) in [6, 6.07) is 0. The predicted octanol–water partition coefficient (Wildman–Crippen LogP) is -2.19. The van der Waals surface area contributed by atoms with Gasteiger partial charge in [-0.25, -0.2) is 0 Å². The second-order valence-corrected chi connectivity index (χ2v) is 0. The average molecular weight is 80.1 g/mol. The molecule has 0 aliphatic heterocycles. The van der Waals surface area contributed by atoms with Crippen molar-refractivity contribution in [2.24, 2.45) is 11.7 Å². The van der Waals surface area contributed by atoms with Crippen molar-refractivity contribution in [3.63, 3.8) is 0 Å². The highest BCUT2D eigenvalue weighted by Crippen LogP contribution is 0.494. The topological polar surface area (TPSA) is 101 Å². The van der Waals surface area contributed by atoms with Gasteiger partial charge >= 0.3 is 0 Å². The third-order valence-corrected chi connectivity index (χ3v) is 0. The van der Waals surface area contributed by atoms with Crippen molar-refractivity contribution < 1.29 is 10.3 Å². The zero-order chi connectivity index (χ0) is 4.00. The van der Waals surface area contributed by atoms with Crippen LogP contribution in [0.3, 0.4) is 0 Å². The van der Waals surface area contributed by atoms with Gasteiger partial charge in [-0.15, -0.1) is 0 Å². The van der Waals surface area contributed by atoms with Crippen LogP contribution in [0.4, 0.5) is 0 Å². The summed E-state index contributed by atoms with van der Waals surface area (Å²) in [6.45, 7) is 2.00. The van der Waals surface area contributed by atoms with E-state index in [1.165, 1.54) is 0 Å². The van der Waals surface area contributed by atoms with Crippen molar-refractivity contribution in [1.82, 2.24) is 0 Å². The maximum absolute atomic E-state index is 8.00. The van der Waals surface area contributed by atoms with Gasteiger partial charge in [-0.2, -0.15) is 0 Å². The van der Waals surface area contributed by atoms with Gasteiger partial charge in [0.15, 0.2) is 0 Å². The number of hydrogen-bond donors (Lipinski definition) is 2. The van der Waals surface area contributed by atoms with Crippen LogP contribution < -0.4 is 11.7 Å². The van der Waals surface area contributed by atoms with E-state index in [1.807, 2.05) is 6.79 Å². The van der Waals surface area contributed by atoms with Crippen LogP contribution in [-0.4, -0.2) is 12.3 Å². The lowest BCUT2D eigenvalue weighted by Crippen LogP contribution is -2.02. The molecule has 0 spiro atoms. The minimum absolute atomic E-state index is 0. The van der Waals surface area contributed by atoms with Crippen molar-refractivity contribution in [3.8, 4) is 0 Å². The van der Waals surface area contributed by atoms with Gasteiger partial charge in [-0.05, 0) is 0 Å². The van der Waals surface area contributed by atoms with Crippen LogP contribution in [0, 0.1) is 0 Å². The monoisotopic (exact) mass is 80.1 g/mol. The smallest absolute Gasteiger partial charge is 0.106 e. The molecule has 0 bridgehead atoms. The number of carbonyl (C=O) groups excluding carboxylic acids is 1. The molecule has 0 atom stereocenters. The van der Waals surface area contributed by atoms with E-state index < -0.39 is 0 Å². The van der Waals surface area contributed by atoms with Crippen molar-refractivity contribution in [3.05, 3.63) is 0 Å². The molecule has 4 nitrogen and oxygen atoms in total. The summed E-state index contributed by atoms with van der Waals surface area (Å²) in [5, 5.41) is 0. The largest absolute Gasteiger partial charge is 0.412 e. The molecule has 4 heteroatoms. The van der Waals surface area contributed by atoms with Crippen molar-refractivity contribution in [1.29, 1.82) is 0 Å². The normalized spacial score (nSPS) is 2.00. The Kier molecular flexibility index (Phi) is 544. The van der Waals surface area contributed by atoms with Crippen LogP contribution in [0.5, 0.6) is 0 Å². The van der Waals surface area contributed by atoms with Crippen LogP contribution in [0.2, 0.25) is 0 Å². The molecule has 34 valence electrons. The van der Waals surface area contributed by atoms with E-state index in [0.29, 0.717) is 0 Å². The molecule has 0 saturated carbocycles. The van der Waals surface area contributed by atoms with E-state index in [0.717, 1.165) is 0 Å². The van der Waals surface area contributed by atoms with Crippen LogP contribution in [0.15, 0.2) is 0 Å². The average Bonchev–Trinajstić information content (AvgIpc) is 1.50. The fourth-order valence-electron chi connectivity index (χ4n) is 0. The second kappa shape index (κ2) is 114. The summed E-state index contributed by atoms with van der Waals surface area (Å²) < 4.78 is 0. The Morgan fingerprint density at radius 2 is 1.20 bits per heavy atom. The Labute approximate surface area is 30.0 Å². The molecule has 0 fully saturated rings. The molecular weight excluding hydrogens is 72.0 g/mol. The van der Waals surface area contributed by atoms with Gasteiger partial charge in [0.1, 0.15) is 6.79 Å². The van der Waals surface area contributed by atoms with Gasteiger partial charge in [0.2, 0.25) is 0 Å². The van der Waals surface area contributed by atoms with Crippen molar-refractivity contribution in [2.75, 3.05) is 0 Å². The molecule has 0 radical (unpaired) electrons. The third kappa shape index (κ3) is 42.1. The molecule has 0 amide bonds. The highest BCUT2D eigenvalue weighted by atomic mass is 16.1. The standard InChI is InChI=1S/CH2O.H4N2.H2O/c2*1-2;/h1H2;1-2H2;1H2. The zero-order valence-electron chi connectivity index (χ0n) is 2.77. The summed E-state index contributed by atoms with van der Waals surface area (Å²) in [6.07, 6.45) is 0. The number of rotatable bonds is 0. The zero-order valence-corrected chi connectivity index (χ0v) is 2.77. The van der Waals surface area contributed by atoms with Gasteiger partial charge in [0.25, 0.3) is 0 Å². The van der Waals surface area contributed by atoms with Gasteiger partial charge in [-0.1, -0.05) is 0 Å². The first-order valence-corrected chi connectivity index (χ1v) is 0.622. The lowest BCUT2D eigenvalue weighted by molar-refractivity contribution is -0.0979. The molecule has 0 aliphatic carbocycles. The van der Waals surface area contributed by atoms with E-state index in [-0.39, 0.29) is 5.48 Å². The Morgan fingerprint density at radius 1 is 1.20 bits per heavy atom. The number of hydrogen-bond acceptors (Lipinski definition) is 3. The molecule has 0 unspecified atom stereocenters. The first kappa shape index (κ1) is 23.9. The van der Waals surface area contributed by atoms with Gasteiger partial charge in [0.05, 0.1) is 0 Å². The minimum Gasteiger partial charge on any atom is -0.412 e. The van der Waals surface area contributed by atoms with E-state index >= 15 is 0 Å². The molecule has 0 aliphatic rings. The number of hydrazine groups is 1. The molecule has 0 aromatic carbocycles. The minimum atomic E-state index is 0. The van der Waals surface area contributed by atoms with Gasteiger partial charge in [-0.3, -0.25) is 11.7 Å². The summed E-state index contributed by atoms with van der Waals surface area (Å²) in [4.78, 5) is 8.00. The van der Waals surface area contributed by atoms with Gasteiger partial charge in [0, 0.05) is 0 Å². The summed E-state index contributed by atoms with van der Waals surface area (Å²) >= 11 is 0.